The van der Waals surface area contributed by atoms with Crippen LogP contribution in [0.5, 0.6) is 0 Å². The van der Waals surface area contributed by atoms with Crippen LogP contribution in [0.1, 0.15) is 5.56 Å². The van der Waals surface area contributed by atoms with Crippen molar-refractivity contribution in [1.82, 2.24) is 14.6 Å². The zero-order valence-corrected chi connectivity index (χ0v) is 11.6. The fraction of sp³-hybridized carbons (Fsp3) is 0. The molecule has 0 spiro atoms. The molecule has 0 amide bonds. The van der Waals surface area contributed by atoms with Gasteiger partial charge < -0.3 is 5.32 Å². The van der Waals surface area contributed by atoms with Crippen molar-refractivity contribution < 1.29 is 0 Å². The molecule has 4 aromatic rings. The smallest absolute Gasteiger partial charge is 0.247 e. The van der Waals surface area contributed by atoms with E-state index < -0.39 is 0 Å². The molecule has 4 rings (SSSR count). The van der Waals surface area contributed by atoms with Crippen LogP contribution in [0.15, 0.2) is 60.7 Å². The van der Waals surface area contributed by atoms with Crippen LogP contribution in [0.25, 0.3) is 16.6 Å². The summed E-state index contributed by atoms with van der Waals surface area (Å²) < 4.78 is 1.82. The van der Waals surface area contributed by atoms with Crippen molar-refractivity contribution in [3.8, 4) is 6.07 Å². The van der Waals surface area contributed by atoms with Gasteiger partial charge in [-0.2, -0.15) is 10.2 Å². The minimum Gasteiger partial charge on any atom is -0.323 e. The van der Waals surface area contributed by atoms with Gasteiger partial charge in [0.15, 0.2) is 5.65 Å². The van der Waals surface area contributed by atoms with Gasteiger partial charge in [-0.3, -0.25) is 0 Å². The van der Waals surface area contributed by atoms with E-state index in [-0.39, 0.29) is 0 Å². The van der Waals surface area contributed by atoms with Gasteiger partial charge in [0.2, 0.25) is 5.95 Å². The number of nitrogens with zero attached hydrogens (tertiary/aromatic N) is 4. The van der Waals surface area contributed by atoms with Crippen molar-refractivity contribution >= 4 is 28.2 Å². The van der Waals surface area contributed by atoms with Crippen LogP contribution in [0, 0.1) is 11.3 Å². The predicted molar refractivity (Wildman–Crippen MR) is 84.9 cm³/mol. The van der Waals surface area contributed by atoms with Gasteiger partial charge in [0.05, 0.1) is 17.1 Å². The van der Waals surface area contributed by atoms with Gasteiger partial charge in [0.25, 0.3) is 0 Å². The lowest BCUT2D eigenvalue weighted by atomic mass is 10.2. The van der Waals surface area contributed by atoms with E-state index in [4.69, 9.17) is 5.26 Å². The lowest BCUT2D eigenvalue weighted by Gasteiger charge is -2.00. The van der Waals surface area contributed by atoms with Crippen LogP contribution in [0.2, 0.25) is 0 Å². The first-order chi connectivity index (χ1) is 10.8. The molecule has 2 aromatic carbocycles. The molecule has 5 heteroatoms. The molecule has 0 saturated heterocycles. The van der Waals surface area contributed by atoms with Crippen molar-refractivity contribution in [1.29, 1.82) is 5.26 Å². The van der Waals surface area contributed by atoms with E-state index >= 15 is 0 Å². The Hall–Kier alpha value is -3.39. The first-order valence-corrected chi connectivity index (χ1v) is 6.85. The highest BCUT2D eigenvalue weighted by molar-refractivity contribution is 5.81. The van der Waals surface area contributed by atoms with Gasteiger partial charge in [-0.15, -0.1) is 5.10 Å². The zero-order chi connectivity index (χ0) is 14.9. The SMILES string of the molecule is N#Cc1ccc(Nc2nc3ccc4ccccc4n3n2)cc1. The number of aromatic nitrogens is 3. The number of fused-ring (bicyclic) bond motifs is 3. The van der Waals surface area contributed by atoms with Gasteiger partial charge >= 0.3 is 0 Å². The second-order valence-electron chi connectivity index (χ2n) is 4.91. The Bertz CT molecular complexity index is 1010. The van der Waals surface area contributed by atoms with Crippen molar-refractivity contribution in [2.24, 2.45) is 0 Å². The third-order valence-electron chi connectivity index (χ3n) is 3.48. The summed E-state index contributed by atoms with van der Waals surface area (Å²) in [5.41, 5.74) is 3.27. The summed E-state index contributed by atoms with van der Waals surface area (Å²) in [6, 6.07) is 21.3. The minimum atomic E-state index is 0.529. The predicted octanol–water partition coefficient (Wildman–Crippen LogP) is 3.50. The molecule has 0 aliphatic rings. The Kier molecular flexibility index (Phi) is 2.73. The Balaban J connectivity index is 1.76. The van der Waals surface area contributed by atoms with Gasteiger partial charge in [-0.05, 0) is 42.5 Å². The molecule has 0 bridgehead atoms. The fourth-order valence-electron chi connectivity index (χ4n) is 2.41. The molecule has 22 heavy (non-hydrogen) atoms. The summed E-state index contributed by atoms with van der Waals surface area (Å²) in [6.45, 7) is 0. The van der Waals surface area contributed by atoms with Crippen LogP contribution in [0.3, 0.4) is 0 Å². The first-order valence-electron chi connectivity index (χ1n) is 6.85. The van der Waals surface area contributed by atoms with Crippen LogP contribution >= 0.6 is 0 Å². The molecule has 0 saturated carbocycles. The van der Waals surface area contributed by atoms with Gasteiger partial charge in [-0.25, -0.2) is 4.52 Å². The summed E-state index contributed by atoms with van der Waals surface area (Å²) in [7, 11) is 0. The molecule has 2 heterocycles. The van der Waals surface area contributed by atoms with E-state index in [2.05, 4.69) is 21.5 Å². The highest BCUT2D eigenvalue weighted by Gasteiger charge is 2.06. The van der Waals surface area contributed by atoms with E-state index in [1.165, 1.54) is 0 Å². The monoisotopic (exact) mass is 285 g/mol. The topological polar surface area (TPSA) is 66.0 Å². The number of anilines is 2. The van der Waals surface area contributed by atoms with E-state index in [0.29, 0.717) is 11.5 Å². The molecule has 2 aromatic heterocycles. The molecule has 0 radical (unpaired) electrons. The van der Waals surface area contributed by atoms with Gasteiger partial charge in [0, 0.05) is 11.1 Å². The van der Waals surface area contributed by atoms with Gasteiger partial charge in [-0.1, -0.05) is 18.2 Å². The maximum atomic E-state index is 8.82. The molecular weight excluding hydrogens is 274 g/mol. The van der Waals surface area contributed by atoms with Gasteiger partial charge in [0.1, 0.15) is 0 Å². The molecule has 104 valence electrons. The second-order valence-corrected chi connectivity index (χ2v) is 4.91. The molecule has 1 N–H and O–H groups in total. The molecule has 0 atom stereocenters. The summed E-state index contributed by atoms with van der Waals surface area (Å²) in [5.74, 6) is 0.529. The third kappa shape index (κ3) is 2.03. The Labute approximate surface area is 126 Å². The first kappa shape index (κ1) is 12.4. The van der Waals surface area contributed by atoms with Crippen LogP contribution in [-0.2, 0) is 0 Å². The minimum absolute atomic E-state index is 0.529. The van der Waals surface area contributed by atoms with E-state index in [0.717, 1.165) is 22.2 Å². The summed E-state index contributed by atoms with van der Waals surface area (Å²) in [6.07, 6.45) is 0. The highest BCUT2D eigenvalue weighted by atomic mass is 15.3. The molecular formula is C17H11N5. The Morgan fingerprint density at radius 3 is 2.59 bits per heavy atom. The Morgan fingerprint density at radius 2 is 1.77 bits per heavy atom. The van der Waals surface area contributed by atoms with E-state index in [9.17, 15) is 0 Å². The largest absolute Gasteiger partial charge is 0.323 e. The molecule has 0 fully saturated rings. The quantitative estimate of drug-likeness (QED) is 0.612. The number of benzene rings is 2. The standard InChI is InChI=1S/C17H11N5/c18-11-12-5-8-14(9-6-12)19-17-20-16-10-7-13-3-1-2-4-15(13)22(16)21-17/h1-10H,(H,19,21). The zero-order valence-electron chi connectivity index (χ0n) is 11.6. The molecule has 0 unspecified atom stereocenters. The van der Waals surface area contributed by atoms with E-state index in [1.807, 2.05) is 53.0 Å². The van der Waals surface area contributed by atoms with Crippen LogP contribution < -0.4 is 5.32 Å². The number of para-hydroxylation sites is 1. The summed E-state index contributed by atoms with van der Waals surface area (Å²) in [4.78, 5) is 4.48. The second kappa shape index (κ2) is 4.86. The summed E-state index contributed by atoms with van der Waals surface area (Å²) >= 11 is 0. The molecule has 0 aliphatic carbocycles. The summed E-state index contributed by atoms with van der Waals surface area (Å²) in [5, 5.41) is 17.6. The van der Waals surface area contributed by atoms with E-state index in [1.54, 1.807) is 12.1 Å². The fourth-order valence-corrected chi connectivity index (χ4v) is 2.41. The van der Waals surface area contributed by atoms with Crippen molar-refractivity contribution in [2.75, 3.05) is 5.32 Å². The third-order valence-corrected chi connectivity index (χ3v) is 3.48. The molecule has 5 nitrogen and oxygen atoms in total. The van der Waals surface area contributed by atoms with Crippen LogP contribution in [-0.4, -0.2) is 14.6 Å². The number of nitriles is 1. The number of pyridine rings is 1. The number of rotatable bonds is 2. The van der Waals surface area contributed by atoms with Crippen molar-refractivity contribution in [3.05, 3.63) is 66.2 Å². The number of hydrogen-bond donors (Lipinski definition) is 1. The maximum Gasteiger partial charge on any atom is 0.247 e. The normalized spacial score (nSPS) is 10.7. The lowest BCUT2D eigenvalue weighted by Crippen LogP contribution is -1.94. The maximum absolute atomic E-state index is 8.82. The van der Waals surface area contributed by atoms with Crippen molar-refractivity contribution in [2.45, 2.75) is 0 Å². The number of hydrogen-bond acceptors (Lipinski definition) is 4. The lowest BCUT2D eigenvalue weighted by molar-refractivity contribution is 1.01. The highest BCUT2D eigenvalue weighted by Crippen LogP contribution is 2.19. The average Bonchev–Trinajstić information content (AvgIpc) is 2.98. The van der Waals surface area contributed by atoms with Crippen LogP contribution in [0.4, 0.5) is 11.6 Å². The van der Waals surface area contributed by atoms with Crippen molar-refractivity contribution in [3.63, 3.8) is 0 Å². The average molecular weight is 285 g/mol. The molecule has 0 aliphatic heterocycles. The number of nitrogens with one attached hydrogen (secondary N) is 1. The Morgan fingerprint density at radius 1 is 0.955 bits per heavy atom.